The Hall–Kier alpha value is -2.17. The van der Waals surface area contributed by atoms with Crippen LogP contribution in [0.15, 0.2) is 35.4 Å². The van der Waals surface area contributed by atoms with Gasteiger partial charge in [-0.25, -0.2) is 0 Å². The standard InChI is InChI=1S/C16H21N3O2/c1-3-4-5-6-11-21-16-18-14(12-15(20)19(16)2)13-7-9-17-10-8-13/h7-10,12H,3-6,11H2,1-2H3. The van der Waals surface area contributed by atoms with E-state index in [0.717, 1.165) is 18.4 Å². The van der Waals surface area contributed by atoms with Gasteiger partial charge in [-0.1, -0.05) is 26.2 Å². The third kappa shape index (κ3) is 4.15. The molecule has 2 heterocycles. The lowest BCUT2D eigenvalue weighted by Gasteiger charge is -2.10. The van der Waals surface area contributed by atoms with E-state index in [1.54, 1.807) is 19.4 Å². The molecule has 0 aromatic carbocycles. The maximum Gasteiger partial charge on any atom is 0.299 e. The van der Waals surface area contributed by atoms with Crippen molar-refractivity contribution in [3.05, 3.63) is 40.9 Å². The monoisotopic (exact) mass is 287 g/mol. The molecule has 2 rings (SSSR count). The number of pyridine rings is 1. The average molecular weight is 287 g/mol. The van der Waals surface area contributed by atoms with Crippen molar-refractivity contribution in [3.8, 4) is 17.3 Å². The van der Waals surface area contributed by atoms with E-state index in [1.807, 2.05) is 12.1 Å². The van der Waals surface area contributed by atoms with Gasteiger partial charge in [0.15, 0.2) is 0 Å². The zero-order valence-electron chi connectivity index (χ0n) is 12.6. The van der Waals surface area contributed by atoms with Crippen molar-refractivity contribution in [3.63, 3.8) is 0 Å². The van der Waals surface area contributed by atoms with Crippen LogP contribution in [0.1, 0.15) is 32.6 Å². The van der Waals surface area contributed by atoms with Crippen LogP contribution in [-0.2, 0) is 7.05 Å². The molecule has 0 radical (unpaired) electrons. The average Bonchev–Trinajstić information content (AvgIpc) is 2.51. The van der Waals surface area contributed by atoms with Crippen molar-refractivity contribution >= 4 is 0 Å². The molecular weight excluding hydrogens is 266 g/mol. The molecule has 0 saturated heterocycles. The second kappa shape index (κ2) is 7.57. The summed E-state index contributed by atoms with van der Waals surface area (Å²) in [6.07, 6.45) is 7.86. The summed E-state index contributed by atoms with van der Waals surface area (Å²) in [4.78, 5) is 20.4. The van der Waals surface area contributed by atoms with Gasteiger partial charge in [0.25, 0.3) is 11.6 Å². The normalized spacial score (nSPS) is 10.6. The first-order valence-electron chi connectivity index (χ1n) is 7.33. The van der Waals surface area contributed by atoms with E-state index < -0.39 is 0 Å². The van der Waals surface area contributed by atoms with Gasteiger partial charge in [0.2, 0.25) is 0 Å². The van der Waals surface area contributed by atoms with Gasteiger partial charge in [0.05, 0.1) is 12.3 Å². The summed E-state index contributed by atoms with van der Waals surface area (Å²) in [6.45, 7) is 2.75. The molecule has 0 fully saturated rings. The van der Waals surface area contributed by atoms with Gasteiger partial charge in [-0.2, -0.15) is 4.98 Å². The van der Waals surface area contributed by atoms with Crippen LogP contribution in [0.25, 0.3) is 11.3 Å². The van der Waals surface area contributed by atoms with E-state index in [2.05, 4.69) is 16.9 Å². The first-order valence-corrected chi connectivity index (χ1v) is 7.33. The van der Waals surface area contributed by atoms with E-state index in [-0.39, 0.29) is 5.56 Å². The molecule has 0 spiro atoms. The lowest BCUT2D eigenvalue weighted by atomic mass is 10.2. The lowest BCUT2D eigenvalue weighted by Crippen LogP contribution is -2.20. The van der Waals surface area contributed by atoms with Crippen LogP contribution in [0.5, 0.6) is 6.01 Å². The van der Waals surface area contributed by atoms with Gasteiger partial charge in [-0.05, 0) is 18.6 Å². The van der Waals surface area contributed by atoms with Crippen LogP contribution in [0.3, 0.4) is 0 Å². The van der Waals surface area contributed by atoms with Crippen molar-refractivity contribution in [2.75, 3.05) is 6.61 Å². The third-order valence-electron chi connectivity index (χ3n) is 3.30. The van der Waals surface area contributed by atoms with E-state index in [4.69, 9.17) is 4.74 Å². The highest BCUT2D eigenvalue weighted by Gasteiger charge is 2.08. The molecule has 0 aliphatic rings. The Morgan fingerprint density at radius 1 is 1.19 bits per heavy atom. The molecule has 0 unspecified atom stereocenters. The quantitative estimate of drug-likeness (QED) is 0.735. The smallest absolute Gasteiger partial charge is 0.299 e. The Morgan fingerprint density at radius 2 is 1.95 bits per heavy atom. The van der Waals surface area contributed by atoms with Gasteiger partial charge >= 0.3 is 0 Å². The van der Waals surface area contributed by atoms with Crippen LogP contribution in [0, 0.1) is 0 Å². The molecule has 0 atom stereocenters. The maximum atomic E-state index is 12.0. The minimum atomic E-state index is -0.125. The Bertz CT molecular complexity index is 623. The predicted octanol–water partition coefficient (Wildman–Crippen LogP) is 2.80. The number of hydrogen-bond donors (Lipinski definition) is 0. The minimum absolute atomic E-state index is 0.125. The van der Waals surface area contributed by atoms with Crippen molar-refractivity contribution in [1.82, 2.24) is 14.5 Å². The molecule has 0 N–H and O–H groups in total. The molecular formula is C16H21N3O2. The Balaban J connectivity index is 2.14. The van der Waals surface area contributed by atoms with Crippen molar-refractivity contribution in [2.24, 2.45) is 7.05 Å². The maximum absolute atomic E-state index is 12.0. The van der Waals surface area contributed by atoms with Gasteiger partial charge in [0, 0.05) is 31.1 Å². The van der Waals surface area contributed by atoms with Crippen molar-refractivity contribution in [1.29, 1.82) is 0 Å². The van der Waals surface area contributed by atoms with E-state index in [1.165, 1.54) is 23.5 Å². The molecule has 0 aliphatic carbocycles. The molecule has 5 heteroatoms. The van der Waals surface area contributed by atoms with Crippen LogP contribution >= 0.6 is 0 Å². The molecule has 2 aromatic rings. The summed E-state index contributed by atoms with van der Waals surface area (Å²) in [7, 11) is 1.67. The first kappa shape index (κ1) is 15.2. The largest absolute Gasteiger partial charge is 0.465 e. The Morgan fingerprint density at radius 3 is 2.67 bits per heavy atom. The molecule has 0 saturated carbocycles. The third-order valence-corrected chi connectivity index (χ3v) is 3.30. The SMILES string of the molecule is CCCCCCOc1nc(-c2ccncc2)cc(=O)n1C. The molecule has 5 nitrogen and oxygen atoms in total. The van der Waals surface area contributed by atoms with Crippen LogP contribution in [0.2, 0.25) is 0 Å². The summed E-state index contributed by atoms with van der Waals surface area (Å²) in [5.41, 5.74) is 1.35. The molecule has 112 valence electrons. The van der Waals surface area contributed by atoms with Gasteiger partial charge in [-0.15, -0.1) is 0 Å². The lowest BCUT2D eigenvalue weighted by molar-refractivity contribution is 0.268. The van der Waals surface area contributed by atoms with Crippen molar-refractivity contribution < 1.29 is 4.74 Å². The van der Waals surface area contributed by atoms with E-state index >= 15 is 0 Å². The summed E-state index contributed by atoms with van der Waals surface area (Å²) < 4.78 is 7.10. The fourth-order valence-electron chi connectivity index (χ4n) is 2.01. The number of ether oxygens (including phenoxy) is 1. The predicted molar refractivity (Wildman–Crippen MR) is 82.3 cm³/mol. The number of rotatable bonds is 7. The molecule has 0 bridgehead atoms. The zero-order chi connectivity index (χ0) is 15.1. The second-order valence-corrected chi connectivity index (χ2v) is 4.97. The van der Waals surface area contributed by atoms with Crippen LogP contribution in [-0.4, -0.2) is 21.1 Å². The molecule has 21 heavy (non-hydrogen) atoms. The highest BCUT2D eigenvalue weighted by molar-refractivity contribution is 5.57. The van der Waals surface area contributed by atoms with Gasteiger partial charge < -0.3 is 4.74 Å². The Labute approximate surface area is 124 Å². The Kier molecular flexibility index (Phi) is 5.49. The summed E-state index contributed by atoms with van der Waals surface area (Å²) in [5.74, 6) is 0. The first-order chi connectivity index (χ1) is 10.2. The fraction of sp³-hybridized carbons (Fsp3) is 0.438. The summed E-state index contributed by atoms with van der Waals surface area (Å²) >= 11 is 0. The van der Waals surface area contributed by atoms with Gasteiger partial charge in [-0.3, -0.25) is 14.3 Å². The van der Waals surface area contributed by atoms with Gasteiger partial charge in [0.1, 0.15) is 0 Å². The van der Waals surface area contributed by atoms with Crippen molar-refractivity contribution in [2.45, 2.75) is 32.6 Å². The highest BCUT2D eigenvalue weighted by atomic mass is 16.5. The highest BCUT2D eigenvalue weighted by Crippen LogP contribution is 2.16. The van der Waals surface area contributed by atoms with E-state index in [0.29, 0.717) is 18.3 Å². The second-order valence-electron chi connectivity index (χ2n) is 4.97. The fourth-order valence-corrected chi connectivity index (χ4v) is 2.01. The number of aromatic nitrogens is 3. The molecule has 0 aliphatic heterocycles. The number of nitrogens with zero attached hydrogens (tertiary/aromatic N) is 3. The molecule has 2 aromatic heterocycles. The number of unbranched alkanes of at least 4 members (excludes halogenated alkanes) is 3. The topological polar surface area (TPSA) is 57.0 Å². The zero-order valence-corrected chi connectivity index (χ0v) is 12.6. The summed E-state index contributed by atoms with van der Waals surface area (Å²) in [6, 6.07) is 5.53. The number of hydrogen-bond acceptors (Lipinski definition) is 4. The minimum Gasteiger partial charge on any atom is -0.465 e. The van der Waals surface area contributed by atoms with Crippen LogP contribution in [0.4, 0.5) is 0 Å². The summed E-state index contributed by atoms with van der Waals surface area (Å²) in [5, 5.41) is 0. The molecule has 0 amide bonds. The van der Waals surface area contributed by atoms with E-state index in [9.17, 15) is 4.79 Å². The van der Waals surface area contributed by atoms with Crippen LogP contribution < -0.4 is 10.3 Å².